The van der Waals surface area contributed by atoms with Crippen LogP contribution in [0.3, 0.4) is 0 Å². The SMILES string of the molecule is Cc1ccc(-c2[nH]c(-c3ccccc3)nc2SCC(=O)NCC2CCCO2)cc1. The lowest BCUT2D eigenvalue weighted by Gasteiger charge is -2.10. The first-order valence-electron chi connectivity index (χ1n) is 9.92. The van der Waals surface area contributed by atoms with Gasteiger partial charge in [-0.25, -0.2) is 4.98 Å². The van der Waals surface area contributed by atoms with Crippen LogP contribution in [-0.2, 0) is 9.53 Å². The molecule has 2 N–H and O–H groups in total. The molecule has 1 unspecified atom stereocenters. The van der Waals surface area contributed by atoms with Crippen molar-refractivity contribution in [1.82, 2.24) is 15.3 Å². The highest BCUT2D eigenvalue weighted by atomic mass is 32.2. The molecule has 0 aliphatic carbocycles. The molecular formula is C23H25N3O2S. The monoisotopic (exact) mass is 407 g/mol. The lowest BCUT2D eigenvalue weighted by Crippen LogP contribution is -2.32. The average Bonchev–Trinajstić information content (AvgIpc) is 3.42. The van der Waals surface area contributed by atoms with Crippen molar-refractivity contribution in [2.45, 2.75) is 30.9 Å². The van der Waals surface area contributed by atoms with Gasteiger partial charge in [-0.3, -0.25) is 4.79 Å². The summed E-state index contributed by atoms with van der Waals surface area (Å²) in [5, 5.41) is 3.81. The maximum absolute atomic E-state index is 12.3. The van der Waals surface area contributed by atoms with Crippen molar-refractivity contribution in [2.75, 3.05) is 18.9 Å². The fourth-order valence-electron chi connectivity index (χ4n) is 3.33. The van der Waals surface area contributed by atoms with Gasteiger partial charge in [-0.2, -0.15) is 0 Å². The minimum absolute atomic E-state index is 0.00428. The Bertz CT molecular complexity index is 948. The number of benzene rings is 2. The van der Waals surface area contributed by atoms with E-state index in [1.54, 1.807) is 0 Å². The first-order valence-corrected chi connectivity index (χ1v) is 10.9. The van der Waals surface area contributed by atoms with E-state index < -0.39 is 0 Å². The number of amides is 1. The van der Waals surface area contributed by atoms with Gasteiger partial charge in [-0.15, -0.1) is 0 Å². The van der Waals surface area contributed by atoms with Crippen LogP contribution in [0.4, 0.5) is 0 Å². The first-order chi connectivity index (χ1) is 14.2. The quantitative estimate of drug-likeness (QED) is 0.568. The summed E-state index contributed by atoms with van der Waals surface area (Å²) < 4.78 is 5.57. The molecule has 2 aromatic carbocycles. The van der Waals surface area contributed by atoms with Gasteiger partial charge in [0.1, 0.15) is 10.9 Å². The summed E-state index contributed by atoms with van der Waals surface area (Å²) in [4.78, 5) is 20.6. The second-order valence-corrected chi connectivity index (χ2v) is 8.19. The zero-order valence-electron chi connectivity index (χ0n) is 16.5. The van der Waals surface area contributed by atoms with Gasteiger partial charge in [0.2, 0.25) is 5.91 Å². The summed E-state index contributed by atoms with van der Waals surface area (Å²) in [6.45, 7) is 3.45. The Morgan fingerprint density at radius 3 is 2.69 bits per heavy atom. The number of aromatic nitrogens is 2. The number of rotatable bonds is 7. The molecule has 0 saturated carbocycles. The van der Waals surface area contributed by atoms with E-state index >= 15 is 0 Å². The van der Waals surface area contributed by atoms with E-state index in [4.69, 9.17) is 9.72 Å². The number of nitrogens with zero attached hydrogens (tertiary/aromatic N) is 1. The molecule has 0 spiro atoms. The lowest BCUT2D eigenvalue weighted by molar-refractivity contribution is -0.119. The molecule has 5 nitrogen and oxygen atoms in total. The molecule has 1 amide bonds. The molecule has 29 heavy (non-hydrogen) atoms. The zero-order valence-corrected chi connectivity index (χ0v) is 17.3. The molecule has 150 valence electrons. The number of carbonyl (C=O) groups excluding carboxylic acids is 1. The summed E-state index contributed by atoms with van der Waals surface area (Å²) in [6, 6.07) is 18.4. The van der Waals surface area contributed by atoms with E-state index in [9.17, 15) is 4.79 Å². The van der Waals surface area contributed by atoms with Crippen molar-refractivity contribution in [2.24, 2.45) is 0 Å². The Morgan fingerprint density at radius 2 is 1.97 bits per heavy atom. The number of aryl methyl sites for hydroxylation is 1. The number of thioether (sulfide) groups is 1. The van der Waals surface area contributed by atoms with Gasteiger partial charge in [0, 0.05) is 24.3 Å². The summed E-state index contributed by atoms with van der Waals surface area (Å²) in [6.07, 6.45) is 2.25. The third kappa shape index (κ3) is 5.08. The summed E-state index contributed by atoms with van der Waals surface area (Å²) >= 11 is 1.46. The van der Waals surface area contributed by atoms with E-state index in [1.807, 2.05) is 30.3 Å². The first kappa shape index (κ1) is 19.7. The Morgan fingerprint density at radius 1 is 1.17 bits per heavy atom. The highest BCUT2D eigenvalue weighted by Gasteiger charge is 2.18. The lowest BCUT2D eigenvalue weighted by atomic mass is 10.1. The van der Waals surface area contributed by atoms with Crippen LogP contribution in [0.25, 0.3) is 22.6 Å². The van der Waals surface area contributed by atoms with Gasteiger partial charge in [0.05, 0.1) is 17.6 Å². The number of carbonyl (C=O) groups is 1. The third-order valence-corrected chi connectivity index (χ3v) is 5.92. The standard InChI is InChI=1S/C23H25N3O2S/c1-16-9-11-17(12-10-16)21-23(26-22(25-21)18-6-3-2-4-7-18)29-15-20(27)24-14-19-8-5-13-28-19/h2-4,6-7,9-12,19H,5,8,13-15H2,1H3,(H,24,27)(H,25,26). The predicted molar refractivity (Wildman–Crippen MR) is 117 cm³/mol. The van der Waals surface area contributed by atoms with E-state index in [2.05, 4.69) is 41.5 Å². The second-order valence-electron chi connectivity index (χ2n) is 7.23. The van der Waals surface area contributed by atoms with E-state index in [-0.39, 0.29) is 12.0 Å². The number of aromatic amines is 1. The summed E-state index contributed by atoms with van der Waals surface area (Å²) in [5.74, 6) is 1.14. The van der Waals surface area contributed by atoms with Crippen LogP contribution < -0.4 is 5.32 Å². The molecule has 1 aromatic heterocycles. The smallest absolute Gasteiger partial charge is 0.230 e. The maximum atomic E-state index is 12.3. The molecule has 4 rings (SSSR count). The molecule has 3 aromatic rings. The maximum Gasteiger partial charge on any atom is 0.230 e. The summed E-state index contributed by atoms with van der Waals surface area (Å²) in [5.41, 5.74) is 4.24. The fourth-order valence-corrected chi connectivity index (χ4v) is 4.17. The molecule has 1 aliphatic rings. The molecule has 6 heteroatoms. The molecule has 1 aliphatic heterocycles. The van der Waals surface area contributed by atoms with Gasteiger partial charge in [-0.1, -0.05) is 71.9 Å². The minimum atomic E-state index is 0.00428. The van der Waals surface area contributed by atoms with Crippen molar-refractivity contribution in [3.63, 3.8) is 0 Å². The van der Waals surface area contributed by atoms with E-state index in [0.29, 0.717) is 12.3 Å². The third-order valence-electron chi connectivity index (χ3n) is 4.95. The van der Waals surface area contributed by atoms with Gasteiger partial charge < -0.3 is 15.0 Å². The molecule has 0 radical (unpaired) electrons. The number of imidazole rings is 1. The molecule has 1 saturated heterocycles. The molecule has 1 atom stereocenters. The molecular weight excluding hydrogens is 382 g/mol. The van der Waals surface area contributed by atoms with Crippen LogP contribution in [0.1, 0.15) is 18.4 Å². The van der Waals surface area contributed by atoms with Crippen molar-refractivity contribution in [3.8, 4) is 22.6 Å². The molecule has 0 bridgehead atoms. The molecule has 2 heterocycles. The number of hydrogen-bond acceptors (Lipinski definition) is 4. The Hall–Kier alpha value is -2.57. The molecule has 1 fully saturated rings. The Balaban J connectivity index is 1.50. The van der Waals surface area contributed by atoms with Crippen LogP contribution in [0.15, 0.2) is 59.6 Å². The normalized spacial score (nSPS) is 16.1. The van der Waals surface area contributed by atoms with Crippen molar-refractivity contribution >= 4 is 17.7 Å². The van der Waals surface area contributed by atoms with Crippen LogP contribution >= 0.6 is 11.8 Å². The van der Waals surface area contributed by atoms with Crippen LogP contribution in [0.2, 0.25) is 0 Å². The fraction of sp³-hybridized carbons (Fsp3) is 0.304. The highest BCUT2D eigenvalue weighted by Crippen LogP contribution is 2.32. The van der Waals surface area contributed by atoms with E-state index in [0.717, 1.165) is 47.1 Å². The number of H-pyrrole nitrogens is 1. The van der Waals surface area contributed by atoms with Crippen LogP contribution in [-0.4, -0.2) is 40.9 Å². The number of hydrogen-bond donors (Lipinski definition) is 2. The number of nitrogens with one attached hydrogen (secondary N) is 2. The highest BCUT2D eigenvalue weighted by molar-refractivity contribution is 8.00. The van der Waals surface area contributed by atoms with Gasteiger partial charge in [0.15, 0.2) is 0 Å². The van der Waals surface area contributed by atoms with E-state index in [1.165, 1.54) is 17.3 Å². The van der Waals surface area contributed by atoms with Crippen molar-refractivity contribution in [3.05, 3.63) is 60.2 Å². The largest absolute Gasteiger partial charge is 0.376 e. The Kier molecular flexibility index (Phi) is 6.32. The average molecular weight is 408 g/mol. The van der Waals surface area contributed by atoms with Crippen LogP contribution in [0.5, 0.6) is 0 Å². The minimum Gasteiger partial charge on any atom is -0.376 e. The van der Waals surface area contributed by atoms with Crippen molar-refractivity contribution < 1.29 is 9.53 Å². The van der Waals surface area contributed by atoms with Crippen molar-refractivity contribution in [1.29, 1.82) is 0 Å². The number of ether oxygens (including phenoxy) is 1. The Labute approximate surface area is 175 Å². The summed E-state index contributed by atoms with van der Waals surface area (Å²) in [7, 11) is 0. The second kappa shape index (κ2) is 9.29. The topological polar surface area (TPSA) is 67.0 Å². The van der Waals surface area contributed by atoms with Gasteiger partial charge in [0.25, 0.3) is 0 Å². The van der Waals surface area contributed by atoms with Gasteiger partial charge >= 0.3 is 0 Å². The van der Waals surface area contributed by atoms with Crippen LogP contribution in [0, 0.1) is 6.92 Å². The van der Waals surface area contributed by atoms with Gasteiger partial charge in [-0.05, 0) is 19.8 Å². The predicted octanol–water partition coefficient (Wildman–Crippen LogP) is 4.44. The zero-order chi connectivity index (χ0) is 20.1.